The second kappa shape index (κ2) is 46.2. The van der Waals surface area contributed by atoms with E-state index in [4.69, 9.17) is 11.5 Å². The number of aliphatic hydroxyl groups is 4. The molecule has 0 bridgehead atoms. The zero-order chi connectivity index (χ0) is 97.7. The number of β-amino-alcohol motifs (C(OH)–C–C–N with tert-alkyl or cyclic N) is 2. The minimum atomic E-state index is -1.97. The molecule has 41 heteroatoms. The van der Waals surface area contributed by atoms with Gasteiger partial charge in [0.25, 0.3) is 0 Å². The number of amides is 18. The van der Waals surface area contributed by atoms with Crippen LogP contribution in [-0.2, 0) is 99.1 Å². The van der Waals surface area contributed by atoms with Crippen LogP contribution in [0.4, 0.5) is 0 Å². The van der Waals surface area contributed by atoms with Gasteiger partial charge in [-0.3, -0.25) is 86.3 Å². The molecule has 3 aliphatic rings. The number of fused-ring (bicyclic) bond motifs is 1. The molecule has 22 N–H and O–H groups in total. The average molecular weight is 1830 g/mol. The highest BCUT2D eigenvalue weighted by atomic mass is 16.3. The lowest BCUT2D eigenvalue weighted by molar-refractivity contribution is -0.148. The molecular formula is C89H137N19O22. The second-order valence-electron chi connectivity index (χ2n) is 37.5. The van der Waals surface area contributed by atoms with Gasteiger partial charge in [-0.05, 0) is 149 Å². The normalized spacial score (nSPS) is 19.3. The van der Waals surface area contributed by atoms with E-state index in [0.717, 1.165) is 33.2 Å². The molecule has 0 spiro atoms. The molecule has 6 rings (SSSR count). The molecule has 3 aromatic rings. The van der Waals surface area contributed by atoms with Crippen LogP contribution in [0.15, 0.2) is 60.8 Å². The van der Waals surface area contributed by atoms with Gasteiger partial charge in [-0.25, -0.2) is 0 Å². The highest BCUT2D eigenvalue weighted by molar-refractivity contribution is 6.04. The lowest BCUT2D eigenvalue weighted by Crippen LogP contribution is -2.66. The molecule has 18 amide bonds. The maximum Gasteiger partial charge on any atom is 0.248 e. The minimum absolute atomic E-state index is 0.0319. The fraction of sp³-hybridized carbons (Fsp3) is 0.640. The number of aromatic amines is 1. The molecule has 0 aliphatic carbocycles. The molecule has 4 heterocycles. The molecule has 16 atom stereocenters. The van der Waals surface area contributed by atoms with Gasteiger partial charge in [-0.2, -0.15) is 0 Å². The van der Waals surface area contributed by atoms with E-state index in [-0.39, 0.29) is 51.2 Å². The van der Waals surface area contributed by atoms with Gasteiger partial charge >= 0.3 is 0 Å². The van der Waals surface area contributed by atoms with E-state index in [1.165, 1.54) is 81.1 Å². The number of likely N-dealkylation sites (tertiary alicyclic amines) is 3. The number of nitrogens with zero attached hydrogens (tertiary/aromatic N) is 3. The molecular weight excluding hydrogens is 1690 g/mol. The van der Waals surface area contributed by atoms with Crippen LogP contribution in [0, 0.1) is 17.8 Å². The fourth-order valence-electron chi connectivity index (χ4n) is 15.8. The third-order valence-electron chi connectivity index (χ3n) is 23.8. The van der Waals surface area contributed by atoms with Crippen LogP contribution in [-0.4, -0.2) is 285 Å². The maximum absolute atomic E-state index is 14.8. The Bertz CT molecular complexity index is 4610. The van der Waals surface area contributed by atoms with E-state index >= 15 is 0 Å². The van der Waals surface area contributed by atoms with Crippen molar-refractivity contribution in [3.05, 3.63) is 71.9 Å². The minimum Gasteiger partial charge on any atom is -0.394 e. The Kier molecular flexibility index (Phi) is 38.0. The first-order valence-electron chi connectivity index (χ1n) is 44.3. The van der Waals surface area contributed by atoms with Crippen LogP contribution in [0.25, 0.3) is 10.9 Å². The molecule has 41 nitrogen and oxygen atoms in total. The van der Waals surface area contributed by atoms with Crippen LogP contribution >= 0.6 is 0 Å². The number of carbonyl (C=O) groups excluding carboxylic acids is 18. The zero-order valence-corrected chi connectivity index (χ0v) is 77.7. The van der Waals surface area contributed by atoms with Crippen molar-refractivity contribution in [1.29, 1.82) is 0 Å². The summed E-state index contributed by atoms with van der Waals surface area (Å²) in [5.41, 5.74) is 3.96. The van der Waals surface area contributed by atoms with Crippen molar-refractivity contribution in [2.75, 3.05) is 26.2 Å². The molecule has 16 unspecified atom stereocenters. The van der Waals surface area contributed by atoms with Gasteiger partial charge in [0.2, 0.25) is 106 Å². The van der Waals surface area contributed by atoms with Gasteiger partial charge in [0, 0.05) is 75.8 Å². The van der Waals surface area contributed by atoms with Crippen molar-refractivity contribution in [3.63, 3.8) is 0 Å². The Morgan fingerprint density at radius 2 is 0.985 bits per heavy atom. The van der Waals surface area contributed by atoms with Crippen molar-refractivity contribution in [1.82, 2.24) is 88.8 Å². The highest BCUT2D eigenvalue weighted by Gasteiger charge is 2.51. The van der Waals surface area contributed by atoms with Crippen molar-refractivity contribution >= 4 is 117 Å². The topological polar surface area (TPSA) is 622 Å². The van der Waals surface area contributed by atoms with Crippen molar-refractivity contribution in [2.24, 2.45) is 29.2 Å². The number of para-hydroxylation sites is 1. The summed E-state index contributed by atoms with van der Waals surface area (Å²) >= 11 is 0. The maximum atomic E-state index is 14.8. The molecule has 720 valence electrons. The lowest BCUT2D eigenvalue weighted by Gasteiger charge is -2.37. The first kappa shape index (κ1) is 107. The molecule has 0 radical (unpaired) electrons. The van der Waals surface area contributed by atoms with E-state index in [1.54, 1.807) is 47.7 Å². The van der Waals surface area contributed by atoms with Crippen molar-refractivity contribution in [3.8, 4) is 0 Å². The largest absolute Gasteiger partial charge is 0.394 e. The number of H-pyrrole nitrogens is 1. The molecule has 3 saturated heterocycles. The van der Waals surface area contributed by atoms with E-state index in [0.29, 0.717) is 31.2 Å². The number of nitrogens with one attached hydrogen (secondary N) is 14. The third-order valence-corrected chi connectivity index (χ3v) is 23.8. The smallest absolute Gasteiger partial charge is 0.248 e. The Hall–Kier alpha value is -11.7. The lowest BCUT2D eigenvalue weighted by atomic mass is 9.93. The zero-order valence-electron chi connectivity index (χ0n) is 77.7. The van der Waals surface area contributed by atoms with Gasteiger partial charge in [0.1, 0.15) is 88.1 Å². The highest BCUT2D eigenvalue weighted by Crippen LogP contribution is 2.29. The number of aliphatic hydroxyl groups excluding tert-OH is 4. The predicted octanol–water partition coefficient (Wildman–Crippen LogP) is -2.72. The van der Waals surface area contributed by atoms with Gasteiger partial charge in [-0.15, -0.1) is 0 Å². The predicted molar refractivity (Wildman–Crippen MR) is 475 cm³/mol. The standard InChI is InChI=1S/C89H137N19O22/c1-19-48(7)68(98-70(116)61(93-50(9)111)39-52-42-92-57-30-25-24-29-56(52)57)78(124)96-59(33-35-66(91)115)72(118)105-89(18,20-2)81(127)100-67(47(5)6)77(123)99-69(49(8)110)79(125)104-85(10,11)80(126)97-60(37-46(3)4)73(119)102-88(16,17)83(129)107-43-54(112)40-63(107)75(121)95-58(32-34-65(90)114)71(117)101-87(14,15)84(130)108-44-55(113)41-64(108)76(122)103-86(12,13)82(128)106-36-26-31-62(106)74(120)94-53(45-109)38-51-27-22-21-23-28-51/h21-25,27-30,42,46-49,53-55,58-64,67-69,92,109-110,112-113H,19-20,26,31-41,43-45H2,1-18H3,(H2,90,114)(H2,91,115)(H,93,111)(H,94,120)(H,95,121)(H,96,124)(H,97,126)(H,98,116)(H,99,123)(H,100,127)(H,101,117)(H,102,119)(H,103,122)(H,104,125)(H,105,118). The first-order chi connectivity index (χ1) is 60.5. The van der Waals surface area contributed by atoms with E-state index in [2.05, 4.69) is 74.1 Å². The van der Waals surface area contributed by atoms with Gasteiger partial charge in [0.05, 0.1) is 31.0 Å². The van der Waals surface area contributed by atoms with Crippen LogP contribution in [0.3, 0.4) is 0 Å². The summed E-state index contributed by atoms with van der Waals surface area (Å²) in [6.45, 7) is 24.6. The van der Waals surface area contributed by atoms with E-state index in [9.17, 15) is 107 Å². The van der Waals surface area contributed by atoms with Crippen molar-refractivity contribution in [2.45, 2.75) is 321 Å². The first-order valence-corrected chi connectivity index (χ1v) is 44.3. The Balaban J connectivity index is 1.08. The summed E-state index contributed by atoms with van der Waals surface area (Å²) < 4.78 is 0. The van der Waals surface area contributed by atoms with Crippen LogP contribution in [0.1, 0.15) is 206 Å². The SMILES string of the molecule is CCC(C)C(NC(=O)C(Cc1c[nH]c2ccccc12)NC(C)=O)C(=O)NC(CCC(N)=O)C(=O)NC(C)(CC)C(=O)NC(C(=O)NC(C(=O)NC(C)(C)C(=O)NC(CC(C)C)C(=O)NC(C)(C)C(=O)N1CC(O)CC1C(=O)NC(CCC(N)=O)C(=O)NC(C)(C)C(=O)N1CC(O)CC1C(=O)NC(C)(C)C(=O)N1CCCC1C(=O)NC(CO)Cc1ccccc1)C(C)O)C(C)C. The second-order valence-corrected chi connectivity index (χ2v) is 37.5. The number of primary amides is 2. The number of nitrogens with two attached hydrogens (primary N) is 2. The van der Waals surface area contributed by atoms with E-state index < -0.39 is 269 Å². The van der Waals surface area contributed by atoms with Crippen molar-refractivity contribution < 1.29 is 107 Å². The van der Waals surface area contributed by atoms with E-state index in [1.807, 2.05) is 54.6 Å². The van der Waals surface area contributed by atoms with Gasteiger partial charge in [-0.1, -0.05) is 103 Å². The van der Waals surface area contributed by atoms with Gasteiger partial charge in [0.15, 0.2) is 0 Å². The number of rotatable bonds is 46. The van der Waals surface area contributed by atoms with Crippen LogP contribution < -0.4 is 80.6 Å². The molecule has 2 aromatic carbocycles. The average Bonchev–Trinajstić information content (AvgIpc) is 1.62. The monoisotopic (exact) mass is 1820 g/mol. The fourth-order valence-corrected chi connectivity index (χ4v) is 15.8. The summed E-state index contributed by atoms with van der Waals surface area (Å²) in [5, 5.41) is 78.1. The quantitative estimate of drug-likeness (QED) is 0.0273. The summed E-state index contributed by atoms with van der Waals surface area (Å²) in [6.07, 6.45) is -3.84. The van der Waals surface area contributed by atoms with Gasteiger partial charge < -0.3 is 121 Å². The number of hydrogen-bond acceptors (Lipinski definition) is 22. The summed E-state index contributed by atoms with van der Waals surface area (Å²) in [5.74, 6) is -17.4. The molecule has 0 saturated carbocycles. The number of carbonyl (C=O) groups is 18. The van der Waals surface area contributed by atoms with Crippen LogP contribution in [0.5, 0.6) is 0 Å². The summed E-state index contributed by atoms with van der Waals surface area (Å²) in [4.78, 5) is 259. The Labute approximate surface area is 757 Å². The number of aromatic nitrogens is 1. The Morgan fingerprint density at radius 1 is 0.492 bits per heavy atom. The molecule has 1 aromatic heterocycles. The number of benzene rings is 2. The van der Waals surface area contributed by atoms with Crippen LogP contribution in [0.2, 0.25) is 0 Å². The Morgan fingerprint density at radius 3 is 1.51 bits per heavy atom. The number of hydrogen-bond donors (Lipinski definition) is 20. The molecule has 3 aliphatic heterocycles. The molecule has 130 heavy (non-hydrogen) atoms. The summed E-state index contributed by atoms with van der Waals surface area (Å²) in [6, 6.07) is 1.47. The molecule has 3 fully saturated rings. The summed E-state index contributed by atoms with van der Waals surface area (Å²) in [7, 11) is 0. The third kappa shape index (κ3) is 29.1.